The fourth-order valence-corrected chi connectivity index (χ4v) is 2.62. The van der Waals surface area contributed by atoms with E-state index >= 15 is 0 Å². The minimum absolute atomic E-state index is 0.500. The Morgan fingerprint density at radius 1 is 1.35 bits per heavy atom. The minimum atomic E-state index is 0.500. The zero-order chi connectivity index (χ0) is 14.4. The lowest BCUT2D eigenvalue weighted by Crippen LogP contribution is -2.44. The van der Waals surface area contributed by atoms with Crippen molar-refractivity contribution in [1.29, 1.82) is 0 Å². The first-order valence-electron chi connectivity index (χ1n) is 7.21. The Morgan fingerprint density at radius 2 is 2.00 bits per heavy atom. The van der Waals surface area contributed by atoms with Crippen molar-refractivity contribution in [2.45, 2.75) is 25.8 Å². The molecule has 1 aromatic rings. The molecular formula is C14H23ClN4O. The number of hydrogen-bond acceptors (Lipinski definition) is 5. The molecule has 1 aliphatic rings. The van der Waals surface area contributed by atoms with Crippen LogP contribution >= 0.6 is 11.6 Å². The maximum Gasteiger partial charge on any atom is 0.225 e. The quantitative estimate of drug-likeness (QED) is 0.752. The van der Waals surface area contributed by atoms with Crippen LogP contribution in [0.25, 0.3) is 0 Å². The predicted octanol–water partition coefficient (Wildman–Crippen LogP) is 2.07. The minimum Gasteiger partial charge on any atom is -0.380 e. The molecule has 20 heavy (non-hydrogen) atoms. The topological polar surface area (TPSA) is 41.5 Å². The molecule has 0 bridgehead atoms. The van der Waals surface area contributed by atoms with E-state index in [1.807, 2.05) is 6.92 Å². The van der Waals surface area contributed by atoms with Crippen molar-refractivity contribution in [3.05, 3.63) is 17.4 Å². The van der Waals surface area contributed by atoms with E-state index in [-0.39, 0.29) is 0 Å². The van der Waals surface area contributed by atoms with Crippen molar-refractivity contribution >= 4 is 17.5 Å². The zero-order valence-corrected chi connectivity index (χ0v) is 13.0. The van der Waals surface area contributed by atoms with Crippen molar-refractivity contribution in [3.63, 3.8) is 0 Å². The molecule has 0 saturated carbocycles. The second-order valence-electron chi connectivity index (χ2n) is 5.08. The Morgan fingerprint density at radius 3 is 2.60 bits per heavy atom. The standard InChI is InChI=1S/C14H23ClN4O/c1-3-20-9-8-19-6-4-13(5-7-19)18(2)14-16-10-12(15)11-17-14/h10-11,13H,3-9H2,1-2H3. The van der Waals surface area contributed by atoms with E-state index in [4.69, 9.17) is 16.3 Å². The summed E-state index contributed by atoms with van der Waals surface area (Å²) < 4.78 is 5.41. The fraction of sp³-hybridized carbons (Fsp3) is 0.714. The Bertz CT molecular complexity index is 393. The van der Waals surface area contributed by atoms with Crippen LogP contribution in [0.5, 0.6) is 0 Å². The second-order valence-corrected chi connectivity index (χ2v) is 5.52. The molecule has 0 aliphatic carbocycles. The van der Waals surface area contributed by atoms with Crippen molar-refractivity contribution in [2.24, 2.45) is 0 Å². The molecule has 112 valence electrons. The van der Waals surface area contributed by atoms with Crippen LogP contribution in [0.2, 0.25) is 5.02 Å². The first-order chi connectivity index (χ1) is 9.70. The summed E-state index contributed by atoms with van der Waals surface area (Å²) >= 11 is 5.82. The average Bonchev–Trinajstić information content (AvgIpc) is 2.48. The zero-order valence-electron chi connectivity index (χ0n) is 12.3. The van der Waals surface area contributed by atoms with Crippen LogP contribution in [-0.4, -0.2) is 60.8 Å². The van der Waals surface area contributed by atoms with Gasteiger partial charge in [0.2, 0.25) is 5.95 Å². The third-order valence-electron chi connectivity index (χ3n) is 3.78. The van der Waals surface area contributed by atoms with Gasteiger partial charge in [-0.15, -0.1) is 0 Å². The number of anilines is 1. The number of likely N-dealkylation sites (tertiary alicyclic amines) is 1. The Labute approximate surface area is 125 Å². The molecule has 1 saturated heterocycles. The SMILES string of the molecule is CCOCCN1CCC(N(C)c2ncc(Cl)cn2)CC1. The van der Waals surface area contributed by atoms with Gasteiger partial charge in [-0.05, 0) is 19.8 Å². The van der Waals surface area contributed by atoms with Gasteiger partial charge in [-0.25, -0.2) is 9.97 Å². The molecule has 1 aliphatic heterocycles. The number of aromatic nitrogens is 2. The summed E-state index contributed by atoms with van der Waals surface area (Å²) in [7, 11) is 2.06. The van der Waals surface area contributed by atoms with Gasteiger partial charge in [0.05, 0.1) is 24.0 Å². The van der Waals surface area contributed by atoms with E-state index in [1.165, 1.54) is 0 Å². The lowest BCUT2D eigenvalue weighted by molar-refractivity contribution is 0.102. The van der Waals surface area contributed by atoms with E-state index in [0.29, 0.717) is 11.1 Å². The number of halogens is 1. The fourth-order valence-electron chi connectivity index (χ4n) is 2.52. The summed E-state index contributed by atoms with van der Waals surface area (Å²) in [4.78, 5) is 13.2. The van der Waals surface area contributed by atoms with E-state index in [1.54, 1.807) is 12.4 Å². The Balaban J connectivity index is 1.79. The van der Waals surface area contributed by atoms with Crippen molar-refractivity contribution in [2.75, 3.05) is 44.8 Å². The molecule has 0 spiro atoms. The molecule has 2 rings (SSSR count). The van der Waals surface area contributed by atoms with Crippen LogP contribution in [0.1, 0.15) is 19.8 Å². The van der Waals surface area contributed by atoms with Crippen LogP contribution in [-0.2, 0) is 4.74 Å². The van der Waals surface area contributed by atoms with E-state index in [9.17, 15) is 0 Å². The first kappa shape index (κ1) is 15.5. The van der Waals surface area contributed by atoms with Gasteiger partial charge in [0.15, 0.2) is 0 Å². The van der Waals surface area contributed by atoms with Gasteiger partial charge in [0, 0.05) is 39.3 Å². The highest BCUT2D eigenvalue weighted by Crippen LogP contribution is 2.19. The number of rotatable bonds is 6. The molecule has 0 N–H and O–H groups in total. The molecule has 1 aromatic heterocycles. The summed E-state index contributed by atoms with van der Waals surface area (Å²) in [6.45, 7) is 6.91. The van der Waals surface area contributed by atoms with Gasteiger partial charge in [-0.3, -0.25) is 0 Å². The number of piperidine rings is 1. The number of nitrogens with zero attached hydrogens (tertiary/aromatic N) is 4. The Kier molecular flexibility index (Phi) is 6.01. The lowest BCUT2D eigenvalue weighted by atomic mass is 10.0. The maximum absolute atomic E-state index is 5.82. The largest absolute Gasteiger partial charge is 0.380 e. The highest BCUT2D eigenvalue weighted by atomic mass is 35.5. The predicted molar refractivity (Wildman–Crippen MR) is 81.4 cm³/mol. The summed E-state index contributed by atoms with van der Waals surface area (Å²) in [5, 5.41) is 0.577. The molecule has 0 unspecified atom stereocenters. The lowest BCUT2D eigenvalue weighted by Gasteiger charge is -2.36. The van der Waals surface area contributed by atoms with Gasteiger partial charge in [-0.2, -0.15) is 0 Å². The third kappa shape index (κ3) is 4.30. The molecule has 0 aromatic carbocycles. The highest BCUT2D eigenvalue weighted by molar-refractivity contribution is 6.30. The van der Waals surface area contributed by atoms with Crippen LogP contribution in [0, 0.1) is 0 Å². The van der Waals surface area contributed by atoms with Crippen LogP contribution in [0.4, 0.5) is 5.95 Å². The monoisotopic (exact) mass is 298 g/mol. The average molecular weight is 299 g/mol. The van der Waals surface area contributed by atoms with Gasteiger partial charge in [0.25, 0.3) is 0 Å². The smallest absolute Gasteiger partial charge is 0.225 e. The van der Waals surface area contributed by atoms with Gasteiger partial charge in [0.1, 0.15) is 0 Å². The molecule has 0 amide bonds. The van der Waals surface area contributed by atoms with Crippen molar-refractivity contribution in [1.82, 2.24) is 14.9 Å². The summed E-state index contributed by atoms with van der Waals surface area (Å²) in [6.07, 6.45) is 5.57. The summed E-state index contributed by atoms with van der Waals surface area (Å²) in [5.74, 6) is 0.752. The molecule has 0 atom stereocenters. The van der Waals surface area contributed by atoms with Crippen molar-refractivity contribution in [3.8, 4) is 0 Å². The normalized spacial score (nSPS) is 17.4. The maximum atomic E-state index is 5.82. The molecular weight excluding hydrogens is 276 g/mol. The summed E-state index contributed by atoms with van der Waals surface area (Å²) in [6, 6.07) is 0.500. The first-order valence-corrected chi connectivity index (χ1v) is 7.59. The molecule has 6 heteroatoms. The van der Waals surface area contributed by atoms with Gasteiger partial charge >= 0.3 is 0 Å². The molecule has 5 nitrogen and oxygen atoms in total. The van der Waals surface area contributed by atoms with E-state index in [0.717, 1.165) is 51.6 Å². The third-order valence-corrected chi connectivity index (χ3v) is 3.98. The second kappa shape index (κ2) is 7.76. The highest BCUT2D eigenvalue weighted by Gasteiger charge is 2.23. The molecule has 2 heterocycles. The van der Waals surface area contributed by atoms with Crippen molar-refractivity contribution < 1.29 is 4.74 Å². The van der Waals surface area contributed by atoms with Crippen LogP contribution < -0.4 is 4.90 Å². The summed E-state index contributed by atoms with van der Waals surface area (Å²) in [5.41, 5.74) is 0. The van der Waals surface area contributed by atoms with Crippen LogP contribution in [0.3, 0.4) is 0 Å². The Hall–Kier alpha value is -0.910. The molecule has 0 radical (unpaired) electrons. The number of ether oxygens (including phenoxy) is 1. The van der Waals surface area contributed by atoms with Gasteiger partial charge in [-0.1, -0.05) is 11.6 Å². The molecule has 1 fully saturated rings. The van der Waals surface area contributed by atoms with E-state index < -0.39 is 0 Å². The van der Waals surface area contributed by atoms with Gasteiger partial charge < -0.3 is 14.5 Å². The number of hydrogen-bond donors (Lipinski definition) is 0. The van der Waals surface area contributed by atoms with Crippen LogP contribution in [0.15, 0.2) is 12.4 Å². The van der Waals surface area contributed by atoms with E-state index in [2.05, 4.69) is 26.8 Å².